The zero-order valence-electron chi connectivity index (χ0n) is 13.1. The number of nitriles is 1. The van der Waals surface area contributed by atoms with Crippen LogP contribution in [-0.4, -0.2) is 26.5 Å². The van der Waals surface area contributed by atoms with E-state index in [-0.39, 0.29) is 22.2 Å². The SMILES string of the molecule is COc1n[n+](C(=C=N)C#N)ccc1CS(=O)(=O)c1ccc(C)cc1. The summed E-state index contributed by atoms with van der Waals surface area (Å²) in [7, 11) is -2.20. The molecular formula is C16H15N4O3S+. The Bertz CT molecular complexity index is 954. The minimum atomic E-state index is -3.56. The van der Waals surface area contributed by atoms with Crippen LogP contribution in [0.3, 0.4) is 0 Å². The van der Waals surface area contributed by atoms with Crippen molar-refractivity contribution in [3.05, 3.63) is 47.7 Å². The molecule has 1 aromatic heterocycles. The maximum absolute atomic E-state index is 12.5. The van der Waals surface area contributed by atoms with Crippen LogP contribution in [0.15, 0.2) is 41.4 Å². The molecule has 0 aliphatic rings. The third kappa shape index (κ3) is 3.66. The molecule has 1 aromatic carbocycles. The van der Waals surface area contributed by atoms with E-state index in [1.807, 2.05) is 12.8 Å². The Morgan fingerprint density at radius 3 is 2.54 bits per heavy atom. The lowest BCUT2D eigenvalue weighted by Gasteiger charge is -2.07. The summed E-state index contributed by atoms with van der Waals surface area (Å²) in [6, 6.07) is 9.83. The van der Waals surface area contributed by atoms with Crippen molar-refractivity contribution in [2.45, 2.75) is 17.6 Å². The molecule has 0 radical (unpaired) electrons. The lowest BCUT2D eigenvalue weighted by Crippen LogP contribution is -2.36. The minimum Gasteiger partial charge on any atom is -0.477 e. The summed E-state index contributed by atoms with van der Waals surface area (Å²) in [5.74, 6) is 1.73. The molecule has 7 nitrogen and oxygen atoms in total. The fraction of sp³-hybridized carbons (Fsp3) is 0.188. The molecule has 0 atom stereocenters. The van der Waals surface area contributed by atoms with Crippen LogP contribution in [-0.2, 0) is 15.6 Å². The molecule has 2 aromatic rings. The van der Waals surface area contributed by atoms with Crippen LogP contribution in [0.5, 0.6) is 5.88 Å². The lowest BCUT2D eigenvalue weighted by atomic mass is 10.2. The Balaban J connectivity index is 2.41. The average Bonchev–Trinajstić information content (AvgIpc) is 2.57. The quantitative estimate of drug-likeness (QED) is 0.500. The van der Waals surface area contributed by atoms with Crippen molar-refractivity contribution in [1.29, 1.82) is 10.7 Å². The van der Waals surface area contributed by atoms with Gasteiger partial charge in [-0.15, -0.1) is 0 Å². The van der Waals surface area contributed by atoms with Crippen LogP contribution in [0.2, 0.25) is 0 Å². The van der Waals surface area contributed by atoms with E-state index in [4.69, 9.17) is 15.4 Å². The molecule has 1 N–H and O–H groups in total. The van der Waals surface area contributed by atoms with Crippen LogP contribution >= 0.6 is 0 Å². The number of aromatic nitrogens is 2. The molecule has 2 rings (SSSR count). The molecule has 0 spiro atoms. The summed E-state index contributed by atoms with van der Waals surface area (Å²) in [4.78, 5) is 0.212. The highest BCUT2D eigenvalue weighted by molar-refractivity contribution is 7.90. The Kier molecular flexibility index (Phi) is 5.09. The van der Waals surface area contributed by atoms with Gasteiger partial charge < -0.3 is 4.74 Å². The smallest absolute Gasteiger partial charge is 0.376 e. The Morgan fingerprint density at radius 1 is 1.33 bits per heavy atom. The van der Waals surface area contributed by atoms with E-state index in [2.05, 4.69) is 5.10 Å². The maximum atomic E-state index is 12.5. The average molecular weight is 343 g/mol. The molecule has 0 amide bonds. The topological polar surface area (TPSA) is 108 Å². The highest BCUT2D eigenvalue weighted by Gasteiger charge is 2.22. The number of ether oxygens (including phenoxy) is 1. The third-order valence-electron chi connectivity index (χ3n) is 3.26. The minimum absolute atomic E-state index is 0.0659. The van der Waals surface area contributed by atoms with E-state index < -0.39 is 9.84 Å². The van der Waals surface area contributed by atoms with Crippen molar-refractivity contribution in [3.8, 4) is 11.9 Å². The number of hydrogen-bond donors (Lipinski definition) is 1. The third-order valence-corrected chi connectivity index (χ3v) is 4.94. The van der Waals surface area contributed by atoms with Crippen molar-refractivity contribution in [2.24, 2.45) is 0 Å². The van der Waals surface area contributed by atoms with Gasteiger partial charge in [0.1, 0.15) is 0 Å². The number of hydrogen-bond acceptors (Lipinski definition) is 6. The van der Waals surface area contributed by atoms with Crippen molar-refractivity contribution < 1.29 is 17.8 Å². The molecule has 0 aliphatic heterocycles. The predicted octanol–water partition coefficient (Wildman–Crippen LogP) is 1.27. The molecule has 0 bridgehead atoms. The second kappa shape index (κ2) is 7.04. The number of benzene rings is 1. The predicted molar refractivity (Wildman–Crippen MR) is 86.1 cm³/mol. The Labute approximate surface area is 139 Å². The van der Waals surface area contributed by atoms with Crippen LogP contribution in [0.4, 0.5) is 0 Å². The van der Waals surface area contributed by atoms with Gasteiger partial charge in [0.25, 0.3) is 5.88 Å². The Hall–Kier alpha value is -3.01. The zero-order chi connectivity index (χ0) is 17.7. The standard InChI is InChI=1S/C16H15N4O3S/c1-12-3-5-15(6-4-12)24(21,22)11-13-7-8-20(14(9-17)10-18)19-16(13)23-2/h3-8,17H,11H2,1-2H3/q+1. The van der Waals surface area contributed by atoms with E-state index in [0.29, 0.717) is 5.56 Å². The first kappa shape index (κ1) is 17.3. The number of methoxy groups -OCH3 is 1. The van der Waals surface area contributed by atoms with E-state index in [0.717, 1.165) is 10.2 Å². The summed E-state index contributed by atoms with van der Waals surface area (Å²) in [5, 5.41) is 20.0. The molecule has 0 saturated heterocycles. The van der Waals surface area contributed by atoms with Gasteiger partial charge in [-0.2, -0.15) is 5.26 Å². The van der Waals surface area contributed by atoms with Gasteiger partial charge in [0.2, 0.25) is 6.20 Å². The van der Waals surface area contributed by atoms with E-state index in [1.165, 1.54) is 19.4 Å². The van der Waals surface area contributed by atoms with E-state index >= 15 is 0 Å². The summed E-state index contributed by atoms with van der Waals surface area (Å²) in [6.07, 6.45) is 1.39. The number of aryl methyl sites for hydroxylation is 1. The summed E-state index contributed by atoms with van der Waals surface area (Å²) < 4.78 is 31.3. The van der Waals surface area contributed by atoms with Crippen molar-refractivity contribution in [2.75, 3.05) is 7.11 Å². The maximum Gasteiger partial charge on any atom is 0.376 e. The zero-order valence-corrected chi connectivity index (χ0v) is 14.0. The van der Waals surface area contributed by atoms with Crippen LogP contribution in [0.1, 0.15) is 11.1 Å². The number of rotatable bonds is 5. The van der Waals surface area contributed by atoms with Crippen LogP contribution < -0.4 is 9.42 Å². The Morgan fingerprint density at radius 2 is 2.00 bits per heavy atom. The largest absolute Gasteiger partial charge is 0.477 e. The second-order valence-corrected chi connectivity index (χ2v) is 6.94. The van der Waals surface area contributed by atoms with E-state index in [9.17, 15) is 8.42 Å². The number of nitrogens with one attached hydrogen (secondary N) is 1. The van der Waals surface area contributed by atoms with Gasteiger partial charge >= 0.3 is 5.70 Å². The molecule has 0 aliphatic carbocycles. The van der Waals surface area contributed by atoms with Crippen LogP contribution in [0, 0.1) is 23.7 Å². The van der Waals surface area contributed by atoms with Gasteiger partial charge in [-0.1, -0.05) is 17.7 Å². The molecule has 8 heteroatoms. The van der Waals surface area contributed by atoms with Crippen molar-refractivity contribution in [1.82, 2.24) is 5.10 Å². The second-order valence-electron chi connectivity index (χ2n) is 4.95. The normalized spacial score (nSPS) is 10.5. The number of nitrogens with zero attached hydrogens (tertiary/aromatic N) is 3. The molecular weight excluding hydrogens is 328 g/mol. The number of sulfone groups is 1. The molecule has 0 unspecified atom stereocenters. The molecule has 1 heterocycles. The first-order valence-corrected chi connectivity index (χ1v) is 8.52. The van der Waals surface area contributed by atoms with Crippen molar-refractivity contribution >= 4 is 21.4 Å². The summed E-state index contributed by atoms with van der Waals surface area (Å²) in [5.41, 5.74) is 1.19. The lowest BCUT2D eigenvalue weighted by molar-refractivity contribution is -0.642. The van der Waals surface area contributed by atoms with Gasteiger partial charge in [-0.3, -0.25) is 5.41 Å². The highest BCUT2D eigenvalue weighted by Crippen LogP contribution is 2.21. The van der Waals surface area contributed by atoms with Gasteiger partial charge in [-0.05, 0) is 23.7 Å². The first-order chi connectivity index (χ1) is 11.4. The monoisotopic (exact) mass is 343 g/mol. The van der Waals surface area contributed by atoms with Gasteiger partial charge in [0, 0.05) is 16.7 Å². The highest BCUT2D eigenvalue weighted by atomic mass is 32.2. The molecule has 0 fully saturated rings. The van der Waals surface area contributed by atoms with Gasteiger partial charge in [0.15, 0.2) is 15.9 Å². The van der Waals surface area contributed by atoms with Gasteiger partial charge in [0.05, 0.1) is 23.6 Å². The summed E-state index contributed by atoms with van der Waals surface area (Å²) in [6.45, 7) is 1.88. The summed E-state index contributed by atoms with van der Waals surface area (Å²) >= 11 is 0. The van der Waals surface area contributed by atoms with Gasteiger partial charge in [-0.25, -0.2) is 8.42 Å². The molecule has 0 saturated carbocycles. The van der Waals surface area contributed by atoms with Crippen molar-refractivity contribution in [3.63, 3.8) is 0 Å². The molecule has 24 heavy (non-hydrogen) atoms. The fourth-order valence-corrected chi connectivity index (χ4v) is 3.35. The van der Waals surface area contributed by atoms with Crippen LogP contribution in [0.25, 0.3) is 5.70 Å². The number of allylic oxidation sites excluding steroid dienone is 1. The van der Waals surface area contributed by atoms with E-state index in [1.54, 1.807) is 30.3 Å². The first-order valence-electron chi connectivity index (χ1n) is 6.86. The molecule has 122 valence electrons. The fourth-order valence-electron chi connectivity index (χ4n) is 2.00.